The van der Waals surface area contributed by atoms with Crippen LogP contribution >= 0.6 is 0 Å². The number of aliphatic carboxylic acids is 1. The molecule has 2 aromatic rings. The second kappa shape index (κ2) is 10.9. The van der Waals surface area contributed by atoms with Gasteiger partial charge >= 0.3 is 12.1 Å². The van der Waals surface area contributed by atoms with Crippen molar-refractivity contribution in [3.8, 4) is 11.1 Å². The number of carboxylic acid groups (broad SMARTS) is 1. The van der Waals surface area contributed by atoms with Crippen LogP contribution in [0.4, 0.5) is 4.79 Å². The van der Waals surface area contributed by atoms with E-state index < -0.39 is 41.8 Å². The zero-order chi connectivity index (χ0) is 25.8. The van der Waals surface area contributed by atoms with Crippen molar-refractivity contribution < 1.29 is 34.1 Å². The fourth-order valence-corrected chi connectivity index (χ4v) is 4.21. The first-order valence-corrected chi connectivity index (χ1v) is 11.4. The van der Waals surface area contributed by atoms with E-state index in [4.69, 9.17) is 9.47 Å². The van der Waals surface area contributed by atoms with Crippen LogP contribution in [-0.4, -0.2) is 65.7 Å². The summed E-state index contributed by atoms with van der Waals surface area (Å²) < 4.78 is 10.9. The Balaban J connectivity index is 1.72. The number of carboxylic acids is 1. The van der Waals surface area contributed by atoms with Gasteiger partial charge in [-0.1, -0.05) is 48.5 Å². The minimum Gasteiger partial charge on any atom is -0.480 e. The van der Waals surface area contributed by atoms with Crippen molar-refractivity contribution in [2.45, 2.75) is 56.9 Å². The summed E-state index contributed by atoms with van der Waals surface area (Å²) in [6.07, 6.45) is -2.10. The summed E-state index contributed by atoms with van der Waals surface area (Å²) in [5.41, 5.74) is 3.49. The quantitative estimate of drug-likeness (QED) is 0.407. The summed E-state index contributed by atoms with van der Waals surface area (Å²) in [5, 5.41) is 23.8. The molecule has 4 N–H and O–H groups in total. The smallest absolute Gasteiger partial charge is 0.407 e. The van der Waals surface area contributed by atoms with E-state index in [2.05, 4.69) is 10.6 Å². The highest BCUT2D eigenvalue weighted by Gasteiger charge is 2.34. The van der Waals surface area contributed by atoms with Crippen LogP contribution < -0.4 is 10.6 Å². The van der Waals surface area contributed by atoms with Crippen LogP contribution in [0.2, 0.25) is 0 Å². The van der Waals surface area contributed by atoms with E-state index in [1.165, 1.54) is 14.0 Å². The molecule has 0 spiro atoms. The average Bonchev–Trinajstić information content (AvgIpc) is 3.13. The third-order valence-corrected chi connectivity index (χ3v) is 6.25. The lowest BCUT2D eigenvalue weighted by molar-refractivity contribution is -0.145. The molecule has 1 aliphatic carbocycles. The molecule has 2 aromatic carbocycles. The normalized spacial score (nSPS) is 15.3. The molecule has 3 rings (SSSR count). The van der Waals surface area contributed by atoms with Crippen molar-refractivity contribution in [1.29, 1.82) is 0 Å². The van der Waals surface area contributed by atoms with Gasteiger partial charge in [0, 0.05) is 19.4 Å². The standard InChI is InChI=1S/C26H32N2O7/c1-15(29)22(24(31)32)28-23(30)21(13-26(2,3)34-4)27-25(33)35-14-20-18-11-7-5-9-16(18)17-10-6-8-12-19(17)20/h5-12,15,20-22,29H,13-14H2,1-4H3,(H,27,33)(H,28,30)(H,31,32). The Morgan fingerprint density at radius 2 is 1.54 bits per heavy atom. The van der Waals surface area contributed by atoms with E-state index in [0.29, 0.717) is 0 Å². The van der Waals surface area contributed by atoms with E-state index in [1.807, 2.05) is 48.5 Å². The SMILES string of the molecule is COC(C)(C)CC(NC(=O)OCC1c2ccccc2-c2ccccc21)C(=O)NC(C(=O)O)C(C)O. The molecule has 35 heavy (non-hydrogen) atoms. The summed E-state index contributed by atoms with van der Waals surface area (Å²) in [6, 6.07) is 13.2. The second-order valence-electron chi connectivity index (χ2n) is 9.26. The number of carbonyl (C=O) groups excluding carboxylic acids is 2. The van der Waals surface area contributed by atoms with Gasteiger partial charge in [-0.15, -0.1) is 0 Å². The Kier molecular flexibility index (Phi) is 8.14. The lowest BCUT2D eigenvalue weighted by Gasteiger charge is -2.29. The summed E-state index contributed by atoms with van der Waals surface area (Å²) in [7, 11) is 1.47. The molecule has 2 amide bonds. The molecule has 0 bridgehead atoms. The molecule has 0 saturated carbocycles. The number of alkyl carbamates (subject to hydrolysis) is 1. The molecule has 9 nitrogen and oxygen atoms in total. The number of carbonyl (C=O) groups is 3. The topological polar surface area (TPSA) is 134 Å². The van der Waals surface area contributed by atoms with Gasteiger partial charge in [-0.25, -0.2) is 9.59 Å². The molecule has 0 aliphatic heterocycles. The first-order chi connectivity index (χ1) is 16.5. The predicted octanol–water partition coefficient (Wildman–Crippen LogP) is 2.66. The highest BCUT2D eigenvalue weighted by Crippen LogP contribution is 2.44. The number of fused-ring (bicyclic) bond motifs is 3. The molecular formula is C26H32N2O7. The maximum Gasteiger partial charge on any atom is 0.407 e. The maximum absolute atomic E-state index is 12.9. The van der Waals surface area contributed by atoms with Crippen LogP contribution in [0.1, 0.15) is 44.2 Å². The van der Waals surface area contributed by atoms with Crippen molar-refractivity contribution in [3.63, 3.8) is 0 Å². The van der Waals surface area contributed by atoms with Gasteiger partial charge < -0.3 is 30.3 Å². The lowest BCUT2D eigenvalue weighted by atomic mass is 9.97. The number of methoxy groups -OCH3 is 1. The molecule has 9 heteroatoms. The van der Waals surface area contributed by atoms with Gasteiger partial charge in [0.2, 0.25) is 5.91 Å². The molecule has 0 fully saturated rings. The molecule has 0 radical (unpaired) electrons. The highest BCUT2D eigenvalue weighted by atomic mass is 16.5. The average molecular weight is 485 g/mol. The van der Waals surface area contributed by atoms with Gasteiger partial charge in [0.05, 0.1) is 11.7 Å². The number of hydrogen-bond acceptors (Lipinski definition) is 6. The van der Waals surface area contributed by atoms with Crippen LogP contribution in [0.25, 0.3) is 11.1 Å². The molecule has 188 valence electrons. The van der Waals surface area contributed by atoms with E-state index in [-0.39, 0.29) is 18.9 Å². The zero-order valence-electron chi connectivity index (χ0n) is 20.3. The third kappa shape index (κ3) is 6.17. The third-order valence-electron chi connectivity index (χ3n) is 6.25. The summed E-state index contributed by atoms with van der Waals surface area (Å²) in [5.74, 6) is -2.31. The Labute approximate surface area is 204 Å². The summed E-state index contributed by atoms with van der Waals surface area (Å²) in [4.78, 5) is 37.0. The molecule has 0 saturated heterocycles. The Hall–Kier alpha value is -3.43. The monoisotopic (exact) mass is 484 g/mol. The van der Waals surface area contributed by atoms with Crippen molar-refractivity contribution in [3.05, 3.63) is 59.7 Å². The molecular weight excluding hydrogens is 452 g/mol. The molecule has 3 atom stereocenters. The number of benzene rings is 2. The first-order valence-electron chi connectivity index (χ1n) is 11.4. The fraction of sp³-hybridized carbons (Fsp3) is 0.423. The van der Waals surface area contributed by atoms with Gasteiger partial charge in [0.1, 0.15) is 12.6 Å². The first kappa shape index (κ1) is 26.2. The van der Waals surface area contributed by atoms with Crippen LogP contribution in [0.3, 0.4) is 0 Å². The second-order valence-corrected chi connectivity index (χ2v) is 9.26. The van der Waals surface area contributed by atoms with Crippen molar-refractivity contribution in [2.75, 3.05) is 13.7 Å². The van der Waals surface area contributed by atoms with Crippen LogP contribution in [0, 0.1) is 0 Å². The molecule has 0 heterocycles. The fourth-order valence-electron chi connectivity index (χ4n) is 4.21. The molecule has 1 aliphatic rings. The molecule has 3 unspecified atom stereocenters. The van der Waals surface area contributed by atoms with Crippen molar-refractivity contribution in [1.82, 2.24) is 10.6 Å². The van der Waals surface area contributed by atoms with Crippen LogP contribution in [-0.2, 0) is 19.1 Å². The van der Waals surface area contributed by atoms with Gasteiger partial charge in [0.15, 0.2) is 6.04 Å². The van der Waals surface area contributed by atoms with E-state index in [9.17, 15) is 24.6 Å². The Bertz CT molecular complexity index is 1040. The number of amides is 2. The number of aliphatic hydroxyl groups excluding tert-OH is 1. The van der Waals surface area contributed by atoms with Gasteiger partial charge in [-0.05, 0) is 43.0 Å². The minimum absolute atomic E-state index is 0.0473. The van der Waals surface area contributed by atoms with Crippen molar-refractivity contribution >= 4 is 18.0 Å². The Morgan fingerprint density at radius 1 is 1.00 bits per heavy atom. The maximum atomic E-state index is 12.9. The summed E-state index contributed by atoms with van der Waals surface area (Å²) in [6.45, 7) is 4.78. The van der Waals surface area contributed by atoms with Crippen LogP contribution in [0.15, 0.2) is 48.5 Å². The summed E-state index contributed by atoms with van der Waals surface area (Å²) >= 11 is 0. The van der Waals surface area contributed by atoms with Gasteiger partial charge in [0.25, 0.3) is 0 Å². The van der Waals surface area contributed by atoms with E-state index in [0.717, 1.165) is 22.3 Å². The van der Waals surface area contributed by atoms with E-state index >= 15 is 0 Å². The minimum atomic E-state index is -1.53. The highest BCUT2D eigenvalue weighted by molar-refractivity contribution is 5.89. The van der Waals surface area contributed by atoms with Gasteiger partial charge in [-0.3, -0.25) is 4.79 Å². The Morgan fingerprint density at radius 3 is 2.03 bits per heavy atom. The van der Waals surface area contributed by atoms with Gasteiger partial charge in [-0.2, -0.15) is 0 Å². The van der Waals surface area contributed by atoms with Crippen LogP contribution in [0.5, 0.6) is 0 Å². The lowest BCUT2D eigenvalue weighted by Crippen LogP contribution is -2.56. The number of rotatable bonds is 10. The predicted molar refractivity (Wildman–Crippen MR) is 129 cm³/mol. The zero-order valence-corrected chi connectivity index (χ0v) is 20.3. The molecule has 0 aromatic heterocycles. The number of aliphatic hydroxyl groups is 1. The van der Waals surface area contributed by atoms with E-state index in [1.54, 1.807) is 13.8 Å². The number of ether oxygens (including phenoxy) is 2. The largest absolute Gasteiger partial charge is 0.480 e. The van der Waals surface area contributed by atoms with Crippen molar-refractivity contribution in [2.24, 2.45) is 0 Å². The number of nitrogens with one attached hydrogen (secondary N) is 2. The number of hydrogen-bond donors (Lipinski definition) is 4.